The standard InChI is InChI=1S/C14H14O8/c15-13(16)11-3-1-9(21-11)7-19-5-6-20-8-10-2-4-12(22-10)14(17)18/h1-4H,5-8H2,(H,15,16)(H,17,18). The molecule has 0 aromatic carbocycles. The Morgan fingerprint density at radius 3 is 1.55 bits per heavy atom. The molecule has 0 saturated heterocycles. The molecule has 0 spiro atoms. The van der Waals surface area contributed by atoms with E-state index in [2.05, 4.69) is 0 Å². The lowest BCUT2D eigenvalue weighted by atomic mass is 10.4. The van der Waals surface area contributed by atoms with Crippen LogP contribution in [0.5, 0.6) is 0 Å². The van der Waals surface area contributed by atoms with Crippen LogP contribution in [0.15, 0.2) is 33.1 Å². The molecule has 118 valence electrons. The number of carboxylic acids is 2. The molecule has 2 aromatic rings. The molecule has 0 aliphatic carbocycles. The maximum atomic E-state index is 10.6. The van der Waals surface area contributed by atoms with E-state index in [4.69, 9.17) is 28.5 Å². The number of rotatable bonds is 9. The minimum atomic E-state index is -1.13. The topological polar surface area (TPSA) is 119 Å². The van der Waals surface area contributed by atoms with E-state index in [9.17, 15) is 9.59 Å². The summed E-state index contributed by atoms with van der Waals surface area (Å²) < 4.78 is 20.5. The van der Waals surface area contributed by atoms with Crippen LogP contribution in [0, 0.1) is 0 Å². The number of ether oxygens (including phenoxy) is 2. The van der Waals surface area contributed by atoms with Crippen molar-refractivity contribution in [3.63, 3.8) is 0 Å². The molecule has 0 saturated carbocycles. The fraction of sp³-hybridized carbons (Fsp3) is 0.286. The summed E-state index contributed by atoms with van der Waals surface area (Å²) in [4.78, 5) is 21.2. The number of hydrogen-bond donors (Lipinski definition) is 2. The number of hydrogen-bond acceptors (Lipinski definition) is 6. The number of carboxylic acid groups (broad SMARTS) is 2. The zero-order chi connectivity index (χ0) is 15.9. The summed E-state index contributed by atoms with van der Waals surface area (Å²) in [6, 6.07) is 5.77. The van der Waals surface area contributed by atoms with Crippen LogP contribution in [0.4, 0.5) is 0 Å². The fourth-order valence-electron chi connectivity index (χ4n) is 1.60. The van der Waals surface area contributed by atoms with Crippen molar-refractivity contribution in [2.24, 2.45) is 0 Å². The molecule has 0 amide bonds. The molecule has 8 heteroatoms. The van der Waals surface area contributed by atoms with Gasteiger partial charge in [0.1, 0.15) is 24.7 Å². The first kappa shape index (κ1) is 15.8. The summed E-state index contributed by atoms with van der Waals surface area (Å²) in [6.45, 7) is 0.826. The monoisotopic (exact) mass is 310 g/mol. The lowest BCUT2D eigenvalue weighted by Crippen LogP contribution is -2.04. The van der Waals surface area contributed by atoms with E-state index >= 15 is 0 Å². The zero-order valence-electron chi connectivity index (χ0n) is 11.5. The highest BCUT2D eigenvalue weighted by atomic mass is 16.5. The highest BCUT2D eigenvalue weighted by Gasteiger charge is 2.09. The number of aromatic carboxylic acids is 2. The van der Waals surface area contributed by atoms with Gasteiger partial charge in [-0.2, -0.15) is 0 Å². The Bertz CT molecular complexity index is 583. The molecule has 0 unspecified atom stereocenters. The summed E-state index contributed by atoms with van der Waals surface area (Å²) in [5, 5.41) is 17.4. The van der Waals surface area contributed by atoms with Crippen LogP contribution in [-0.2, 0) is 22.7 Å². The van der Waals surface area contributed by atoms with Crippen molar-refractivity contribution < 1.29 is 38.1 Å². The third-order valence-electron chi connectivity index (χ3n) is 2.61. The van der Waals surface area contributed by atoms with Gasteiger partial charge < -0.3 is 28.5 Å². The van der Waals surface area contributed by atoms with Crippen LogP contribution in [0.25, 0.3) is 0 Å². The highest BCUT2D eigenvalue weighted by Crippen LogP contribution is 2.10. The van der Waals surface area contributed by atoms with E-state index in [-0.39, 0.29) is 37.9 Å². The van der Waals surface area contributed by atoms with Crippen LogP contribution >= 0.6 is 0 Å². The average Bonchev–Trinajstić information content (AvgIpc) is 3.12. The Morgan fingerprint density at radius 1 is 0.818 bits per heavy atom. The van der Waals surface area contributed by atoms with Crippen molar-refractivity contribution in [3.8, 4) is 0 Å². The Labute approximate surface area is 124 Å². The van der Waals surface area contributed by atoms with E-state index in [1.165, 1.54) is 24.3 Å². The van der Waals surface area contributed by atoms with Gasteiger partial charge in [-0.25, -0.2) is 9.59 Å². The largest absolute Gasteiger partial charge is 0.475 e. The van der Waals surface area contributed by atoms with Gasteiger partial charge in [0.05, 0.1) is 13.2 Å². The third-order valence-corrected chi connectivity index (χ3v) is 2.61. The van der Waals surface area contributed by atoms with Gasteiger partial charge in [-0.15, -0.1) is 0 Å². The Kier molecular flexibility index (Phi) is 5.34. The molecule has 0 aliphatic heterocycles. The zero-order valence-corrected chi connectivity index (χ0v) is 11.5. The lowest BCUT2D eigenvalue weighted by Gasteiger charge is -2.03. The molecule has 0 atom stereocenters. The minimum Gasteiger partial charge on any atom is -0.475 e. The number of furan rings is 2. The van der Waals surface area contributed by atoms with Crippen molar-refractivity contribution in [3.05, 3.63) is 47.3 Å². The smallest absolute Gasteiger partial charge is 0.371 e. The van der Waals surface area contributed by atoms with E-state index < -0.39 is 11.9 Å². The summed E-state index contributed by atoms with van der Waals surface area (Å²) in [5.41, 5.74) is 0. The highest BCUT2D eigenvalue weighted by molar-refractivity contribution is 5.84. The predicted molar refractivity (Wildman–Crippen MR) is 70.6 cm³/mol. The average molecular weight is 310 g/mol. The van der Waals surface area contributed by atoms with Crippen molar-refractivity contribution in [2.75, 3.05) is 13.2 Å². The van der Waals surface area contributed by atoms with Gasteiger partial charge in [0.15, 0.2) is 0 Å². The lowest BCUT2D eigenvalue weighted by molar-refractivity contribution is 0.0225. The van der Waals surface area contributed by atoms with Crippen molar-refractivity contribution in [1.82, 2.24) is 0 Å². The van der Waals surface area contributed by atoms with Gasteiger partial charge in [-0.1, -0.05) is 0 Å². The first-order valence-electron chi connectivity index (χ1n) is 6.36. The molecule has 2 rings (SSSR count). The summed E-state index contributed by atoms with van der Waals surface area (Å²) >= 11 is 0. The molecule has 0 bridgehead atoms. The molecule has 2 N–H and O–H groups in total. The van der Waals surface area contributed by atoms with Crippen LogP contribution in [0.1, 0.15) is 32.6 Å². The molecule has 0 aliphatic rings. The second-order valence-corrected chi connectivity index (χ2v) is 4.25. The molecular weight excluding hydrogens is 296 g/mol. The van der Waals surface area contributed by atoms with Crippen molar-refractivity contribution in [2.45, 2.75) is 13.2 Å². The van der Waals surface area contributed by atoms with Crippen LogP contribution < -0.4 is 0 Å². The Morgan fingerprint density at radius 2 is 1.23 bits per heavy atom. The Hall–Kier alpha value is -2.58. The molecule has 2 aromatic heterocycles. The second kappa shape index (κ2) is 7.43. The van der Waals surface area contributed by atoms with Crippen LogP contribution in [-0.4, -0.2) is 35.4 Å². The second-order valence-electron chi connectivity index (χ2n) is 4.25. The number of carbonyl (C=O) groups is 2. The van der Waals surface area contributed by atoms with Gasteiger partial charge in [-0.3, -0.25) is 0 Å². The summed E-state index contributed by atoms with van der Waals surface area (Å²) in [6.07, 6.45) is 0. The van der Waals surface area contributed by atoms with Gasteiger partial charge in [-0.05, 0) is 24.3 Å². The van der Waals surface area contributed by atoms with Crippen LogP contribution in [0.3, 0.4) is 0 Å². The van der Waals surface area contributed by atoms with Crippen molar-refractivity contribution >= 4 is 11.9 Å². The maximum Gasteiger partial charge on any atom is 0.371 e. The fourth-order valence-corrected chi connectivity index (χ4v) is 1.60. The molecule has 2 heterocycles. The first-order chi connectivity index (χ1) is 10.6. The van der Waals surface area contributed by atoms with Crippen molar-refractivity contribution in [1.29, 1.82) is 0 Å². The summed E-state index contributed by atoms with van der Waals surface area (Å²) in [7, 11) is 0. The SMILES string of the molecule is O=C(O)c1ccc(COCCOCc2ccc(C(=O)O)o2)o1. The quantitative estimate of drug-likeness (QED) is 0.675. The van der Waals surface area contributed by atoms with E-state index in [1.54, 1.807) is 0 Å². The third kappa shape index (κ3) is 4.47. The van der Waals surface area contributed by atoms with E-state index in [1.807, 2.05) is 0 Å². The molecular formula is C14H14O8. The summed E-state index contributed by atoms with van der Waals surface area (Å²) in [5.74, 6) is -1.71. The molecule has 0 fully saturated rings. The maximum absolute atomic E-state index is 10.6. The minimum absolute atomic E-state index is 0.137. The van der Waals surface area contributed by atoms with Gasteiger partial charge in [0.25, 0.3) is 0 Å². The van der Waals surface area contributed by atoms with Crippen LogP contribution in [0.2, 0.25) is 0 Å². The predicted octanol–water partition coefficient (Wildman–Crippen LogP) is 2.00. The molecule has 22 heavy (non-hydrogen) atoms. The first-order valence-corrected chi connectivity index (χ1v) is 6.36. The molecule has 0 radical (unpaired) electrons. The molecule has 8 nitrogen and oxygen atoms in total. The van der Waals surface area contributed by atoms with Gasteiger partial charge >= 0.3 is 11.9 Å². The van der Waals surface area contributed by atoms with Gasteiger partial charge in [0, 0.05) is 0 Å². The van der Waals surface area contributed by atoms with Gasteiger partial charge in [0.2, 0.25) is 11.5 Å². The Balaban J connectivity index is 1.60. The van der Waals surface area contributed by atoms with E-state index in [0.29, 0.717) is 11.5 Å². The van der Waals surface area contributed by atoms with E-state index in [0.717, 1.165) is 0 Å². The normalized spacial score (nSPS) is 10.7.